The van der Waals surface area contributed by atoms with E-state index in [0.29, 0.717) is 16.8 Å². The largest absolute Gasteiger partial charge is 0.327 e. The molecule has 6 nitrogen and oxygen atoms in total. The summed E-state index contributed by atoms with van der Waals surface area (Å²) < 4.78 is 0. The van der Waals surface area contributed by atoms with Gasteiger partial charge in [-0.3, -0.25) is 19.3 Å². The second-order valence-electron chi connectivity index (χ2n) is 4.66. The standard InChI is InChI=1S/C13H15N3O3/c1-7(14)5-11(17)15-8-3-4-9-10(6-8)13(19)16(2)12(9)18/h3-4,6-7H,5,14H2,1-2H3,(H,15,17). The van der Waals surface area contributed by atoms with E-state index in [2.05, 4.69) is 5.32 Å². The summed E-state index contributed by atoms with van der Waals surface area (Å²) in [5.74, 6) is -0.906. The first-order valence-electron chi connectivity index (χ1n) is 5.92. The number of carbonyl (C=O) groups is 3. The van der Waals surface area contributed by atoms with E-state index < -0.39 is 0 Å². The van der Waals surface area contributed by atoms with Gasteiger partial charge < -0.3 is 11.1 Å². The van der Waals surface area contributed by atoms with Crippen molar-refractivity contribution in [1.82, 2.24) is 4.90 Å². The molecular weight excluding hydrogens is 246 g/mol. The Morgan fingerprint density at radius 3 is 2.58 bits per heavy atom. The van der Waals surface area contributed by atoms with Crippen molar-refractivity contribution >= 4 is 23.4 Å². The minimum absolute atomic E-state index is 0.198. The first-order chi connectivity index (χ1) is 8.90. The smallest absolute Gasteiger partial charge is 0.261 e. The topological polar surface area (TPSA) is 92.5 Å². The van der Waals surface area contributed by atoms with E-state index in [9.17, 15) is 14.4 Å². The number of nitrogens with two attached hydrogens (primary N) is 1. The van der Waals surface area contributed by atoms with Gasteiger partial charge in [-0.05, 0) is 25.1 Å². The average molecular weight is 261 g/mol. The van der Waals surface area contributed by atoms with Gasteiger partial charge in [0.25, 0.3) is 11.8 Å². The van der Waals surface area contributed by atoms with Gasteiger partial charge in [0.05, 0.1) is 11.1 Å². The van der Waals surface area contributed by atoms with Crippen LogP contribution in [0.2, 0.25) is 0 Å². The predicted octanol–water partition coefficient (Wildman–Crippen LogP) is 0.588. The molecule has 1 aliphatic rings. The molecule has 1 heterocycles. The Kier molecular flexibility index (Phi) is 3.35. The summed E-state index contributed by atoms with van der Waals surface area (Å²) in [6.07, 6.45) is 0.198. The molecule has 1 aliphatic heterocycles. The van der Waals surface area contributed by atoms with Crippen LogP contribution in [-0.2, 0) is 4.79 Å². The molecule has 0 aliphatic carbocycles. The Balaban J connectivity index is 2.22. The SMILES string of the molecule is CC(N)CC(=O)Nc1ccc2c(c1)C(=O)N(C)C2=O. The highest BCUT2D eigenvalue weighted by Crippen LogP contribution is 2.24. The van der Waals surface area contributed by atoms with E-state index >= 15 is 0 Å². The molecule has 0 radical (unpaired) electrons. The highest BCUT2D eigenvalue weighted by atomic mass is 16.2. The Morgan fingerprint density at radius 2 is 1.95 bits per heavy atom. The summed E-state index contributed by atoms with van der Waals surface area (Å²) in [7, 11) is 1.43. The molecule has 0 aromatic heterocycles. The number of hydrogen-bond acceptors (Lipinski definition) is 4. The molecule has 1 unspecified atom stereocenters. The van der Waals surface area contributed by atoms with Crippen molar-refractivity contribution in [2.24, 2.45) is 5.73 Å². The van der Waals surface area contributed by atoms with Crippen LogP contribution in [0.15, 0.2) is 18.2 Å². The molecule has 0 spiro atoms. The van der Waals surface area contributed by atoms with Gasteiger partial charge in [0, 0.05) is 25.2 Å². The van der Waals surface area contributed by atoms with Crippen LogP contribution in [0.4, 0.5) is 5.69 Å². The molecule has 0 saturated carbocycles. The Morgan fingerprint density at radius 1 is 1.32 bits per heavy atom. The number of imide groups is 1. The molecule has 3 N–H and O–H groups in total. The number of rotatable bonds is 3. The fourth-order valence-electron chi connectivity index (χ4n) is 1.94. The summed E-state index contributed by atoms with van der Waals surface area (Å²) >= 11 is 0. The van der Waals surface area contributed by atoms with Gasteiger partial charge >= 0.3 is 0 Å². The zero-order chi connectivity index (χ0) is 14.2. The summed E-state index contributed by atoms with van der Waals surface area (Å²) in [6.45, 7) is 1.74. The molecule has 1 aromatic rings. The van der Waals surface area contributed by atoms with Gasteiger partial charge in [0.1, 0.15) is 0 Å². The number of hydrogen-bond donors (Lipinski definition) is 2. The molecule has 2 rings (SSSR count). The first kappa shape index (κ1) is 13.2. The van der Waals surface area contributed by atoms with Gasteiger partial charge in [-0.25, -0.2) is 0 Å². The number of fused-ring (bicyclic) bond motifs is 1. The molecule has 6 heteroatoms. The number of benzene rings is 1. The summed E-state index contributed by atoms with van der Waals surface area (Å²) in [6, 6.07) is 4.42. The minimum atomic E-state index is -0.358. The van der Waals surface area contributed by atoms with Crippen LogP contribution >= 0.6 is 0 Å². The third-order valence-electron chi connectivity index (χ3n) is 2.88. The highest BCUT2D eigenvalue weighted by molar-refractivity contribution is 6.21. The number of amides is 3. The van der Waals surface area contributed by atoms with E-state index in [-0.39, 0.29) is 30.2 Å². The number of nitrogens with zero attached hydrogens (tertiary/aromatic N) is 1. The van der Waals surface area contributed by atoms with Gasteiger partial charge in [0.2, 0.25) is 5.91 Å². The normalized spacial score (nSPS) is 15.4. The maximum absolute atomic E-state index is 11.8. The van der Waals surface area contributed by atoms with Crippen molar-refractivity contribution in [3.05, 3.63) is 29.3 Å². The quantitative estimate of drug-likeness (QED) is 0.779. The van der Waals surface area contributed by atoms with Crippen LogP contribution < -0.4 is 11.1 Å². The number of carbonyl (C=O) groups excluding carboxylic acids is 3. The predicted molar refractivity (Wildman–Crippen MR) is 69.8 cm³/mol. The third-order valence-corrected chi connectivity index (χ3v) is 2.88. The Hall–Kier alpha value is -2.21. The molecular formula is C13H15N3O3. The average Bonchev–Trinajstić information content (AvgIpc) is 2.53. The monoisotopic (exact) mass is 261 g/mol. The summed E-state index contributed by atoms with van der Waals surface area (Å²) in [5, 5.41) is 2.65. The number of nitrogens with one attached hydrogen (secondary N) is 1. The fourth-order valence-corrected chi connectivity index (χ4v) is 1.94. The number of anilines is 1. The van der Waals surface area contributed by atoms with Gasteiger partial charge in [-0.1, -0.05) is 0 Å². The molecule has 0 bridgehead atoms. The van der Waals surface area contributed by atoms with Crippen molar-refractivity contribution in [3.8, 4) is 0 Å². The maximum Gasteiger partial charge on any atom is 0.261 e. The van der Waals surface area contributed by atoms with E-state index in [4.69, 9.17) is 5.73 Å². The minimum Gasteiger partial charge on any atom is -0.327 e. The van der Waals surface area contributed by atoms with E-state index in [0.717, 1.165) is 4.90 Å². The molecule has 100 valence electrons. The van der Waals surface area contributed by atoms with Gasteiger partial charge in [-0.15, -0.1) is 0 Å². The fraction of sp³-hybridized carbons (Fsp3) is 0.308. The Bertz CT molecular complexity index is 566. The van der Waals surface area contributed by atoms with Gasteiger partial charge in [0.15, 0.2) is 0 Å². The van der Waals surface area contributed by atoms with Crippen molar-refractivity contribution in [3.63, 3.8) is 0 Å². The second-order valence-corrected chi connectivity index (χ2v) is 4.66. The molecule has 1 aromatic carbocycles. The van der Waals surface area contributed by atoms with Gasteiger partial charge in [-0.2, -0.15) is 0 Å². The maximum atomic E-state index is 11.8. The van der Waals surface area contributed by atoms with Crippen molar-refractivity contribution in [2.45, 2.75) is 19.4 Å². The summed E-state index contributed by atoms with van der Waals surface area (Å²) in [4.78, 5) is 36.1. The van der Waals surface area contributed by atoms with Crippen LogP contribution in [-0.4, -0.2) is 35.7 Å². The lowest BCUT2D eigenvalue weighted by molar-refractivity contribution is -0.116. The lowest BCUT2D eigenvalue weighted by Crippen LogP contribution is -2.24. The zero-order valence-electron chi connectivity index (χ0n) is 10.8. The molecule has 19 heavy (non-hydrogen) atoms. The van der Waals surface area contributed by atoms with Crippen molar-refractivity contribution in [2.75, 3.05) is 12.4 Å². The molecule has 0 fully saturated rings. The van der Waals surface area contributed by atoms with Crippen LogP contribution in [0.1, 0.15) is 34.1 Å². The van der Waals surface area contributed by atoms with Crippen molar-refractivity contribution < 1.29 is 14.4 Å². The van der Waals surface area contributed by atoms with Crippen LogP contribution in [0.5, 0.6) is 0 Å². The second kappa shape index (κ2) is 4.81. The van der Waals surface area contributed by atoms with Crippen LogP contribution in [0.3, 0.4) is 0 Å². The lowest BCUT2D eigenvalue weighted by atomic mass is 10.1. The third kappa shape index (κ3) is 2.48. The molecule has 3 amide bonds. The first-order valence-corrected chi connectivity index (χ1v) is 5.92. The highest BCUT2D eigenvalue weighted by Gasteiger charge is 2.32. The molecule has 1 atom stereocenters. The zero-order valence-corrected chi connectivity index (χ0v) is 10.8. The lowest BCUT2D eigenvalue weighted by Gasteiger charge is -2.07. The Labute approximate surface area is 110 Å². The van der Waals surface area contributed by atoms with Crippen LogP contribution in [0, 0.1) is 0 Å². The van der Waals surface area contributed by atoms with E-state index in [1.54, 1.807) is 19.1 Å². The summed E-state index contributed by atoms with van der Waals surface area (Å²) in [5.41, 5.74) is 6.69. The van der Waals surface area contributed by atoms with E-state index in [1.807, 2.05) is 0 Å². The van der Waals surface area contributed by atoms with Crippen LogP contribution in [0.25, 0.3) is 0 Å². The van der Waals surface area contributed by atoms with E-state index in [1.165, 1.54) is 13.1 Å². The van der Waals surface area contributed by atoms with Crippen molar-refractivity contribution in [1.29, 1.82) is 0 Å². The molecule has 0 saturated heterocycles.